The summed E-state index contributed by atoms with van der Waals surface area (Å²) in [5, 5.41) is 3.77. The molecule has 5 nitrogen and oxygen atoms in total. The highest BCUT2D eigenvalue weighted by Crippen LogP contribution is 2.20. The standard InChI is InChI=1S/C13H13N3O2S/c1-18-12(17)7-15-11-6-9(13(14)19)8-4-2-3-5-10(8)16-11/h2-6H,7H2,1H3,(H2,14,19)(H,15,16). The van der Waals surface area contributed by atoms with Crippen LogP contribution in [0.3, 0.4) is 0 Å². The molecule has 3 N–H and O–H groups in total. The van der Waals surface area contributed by atoms with E-state index in [9.17, 15) is 4.79 Å². The van der Waals surface area contributed by atoms with Gasteiger partial charge in [-0.3, -0.25) is 4.79 Å². The summed E-state index contributed by atoms with van der Waals surface area (Å²) >= 11 is 5.04. The van der Waals surface area contributed by atoms with Crippen LogP contribution in [0.2, 0.25) is 0 Å². The normalized spacial score (nSPS) is 10.2. The van der Waals surface area contributed by atoms with Crippen molar-refractivity contribution in [2.45, 2.75) is 0 Å². The third-order valence-corrected chi connectivity index (χ3v) is 2.84. The van der Waals surface area contributed by atoms with Crippen LogP contribution in [0.4, 0.5) is 5.82 Å². The van der Waals surface area contributed by atoms with Crippen molar-refractivity contribution in [2.24, 2.45) is 5.73 Å². The van der Waals surface area contributed by atoms with Gasteiger partial charge in [0.15, 0.2) is 0 Å². The zero-order valence-electron chi connectivity index (χ0n) is 10.3. The van der Waals surface area contributed by atoms with Gasteiger partial charge in [-0.05, 0) is 12.1 Å². The summed E-state index contributed by atoms with van der Waals surface area (Å²) in [5.41, 5.74) is 7.21. The molecule has 98 valence electrons. The molecule has 0 bridgehead atoms. The van der Waals surface area contributed by atoms with Gasteiger partial charge in [0.2, 0.25) is 0 Å². The summed E-state index contributed by atoms with van der Waals surface area (Å²) < 4.78 is 4.56. The molecule has 2 aromatic rings. The number of rotatable bonds is 4. The quantitative estimate of drug-likeness (QED) is 0.649. The second kappa shape index (κ2) is 5.62. The summed E-state index contributed by atoms with van der Waals surface area (Å²) in [7, 11) is 1.33. The van der Waals surface area contributed by atoms with Crippen LogP contribution >= 0.6 is 12.2 Å². The minimum absolute atomic E-state index is 0.0403. The molecule has 6 heteroatoms. The van der Waals surface area contributed by atoms with Gasteiger partial charge in [0.1, 0.15) is 17.4 Å². The van der Waals surface area contributed by atoms with Crippen LogP contribution in [-0.4, -0.2) is 29.6 Å². The van der Waals surface area contributed by atoms with Gasteiger partial charge in [0.25, 0.3) is 0 Å². The predicted octanol–water partition coefficient (Wildman–Crippen LogP) is 1.45. The van der Waals surface area contributed by atoms with E-state index in [0.29, 0.717) is 10.8 Å². The van der Waals surface area contributed by atoms with Crippen LogP contribution in [0.25, 0.3) is 10.9 Å². The summed E-state index contributed by atoms with van der Waals surface area (Å²) in [6.45, 7) is 0.0403. The lowest BCUT2D eigenvalue weighted by Crippen LogP contribution is -2.17. The van der Waals surface area contributed by atoms with Gasteiger partial charge in [0, 0.05) is 10.9 Å². The second-order valence-corrected chi connectivity index (χ2v) is 4.31. The number of methoxy groups -OCH3 is 1. The molecule has 0 amide bonds. The molecular formula is C13H13N3O2S. The Bertz CT molecular complexity index is 643. The molecule has 1 heterocycles. The monoisotopic (exact) mass is 275 g/mol. The fourth-order valence-corrected chi connectivity index (χ4v) is 1.87. The van der Waals surface area contributed by atoms with Crippen molar-refractivity contribution in [2.75, 3.05) is 19.0 Å². The maximum Gasteiger partial charge on any atom is 0.325 e. The summed E-state index contributed by atoms with van der Waals surface area (Å²) in [5.74, 6) is 0.165. The summed E-state index contributed by atoms with van der Waals surface area (Å²) in [4.78, 5) is 15.8. The lowest BCUT2D eigenvalue weighted by Gasteiger charge is -2.09. The van der Waals surface area contributed by atoms with Crippen LogP contribution < -0.4 is 11.1 Å². The molecular weight excluding hydrogens is 262 g/mol. The lowest BCUT2D eigenvalue weighted by atomic mass is 10.1. The Hall–Kier alpha value is -2.21. The fourth-order valence-electron chi connectivity index (χ4n) is 1.70. The number of carbonyl (C=O) groups excluding carboxylic acids is 1. The van der Waals surface area contributed by atoms with E-state index in [0.717, 1.165) is 16.5 Å². The molecule has 0 atom stereocenters. The molecule has 0 unspecified atom stereocenters. The Morgan fingerprint density at radius 2 is 2.21 bits per heavy atom. The van der Waals surface area contributed by atoms with Crippen LogP contribution in [0.15, 0.2) is 30.3 Å². The van der Waals surface area contributed by atoms with E-state index >= 15 is 0 Å². The molecule has 0 aliphatic carbocycles. The number of carbonyl (C=O) groups is 1. The average Bonchev–Trinajstić information content (AvgIpc) is 2.43. The van der Waals surface area contributed by atoms with Crippen molar-refractivity contribution in [1.82, 2.24) is 4.98 Å². The first-order chi connectivity index (χ1) is 9.11. The summed E-state index contributed by atoms with van der Waals surface area (Å²) in [6, 6.07) is 9.27. The topological polar surface area (TPSA) is 77.2 Å². The first-order valence-corrected chi connectivity index (χ1v) is 6.03. The molecule has 19 heavy (non-hydrogen) atoms. The number of ether oxygens (including phenoxy) is 1. The molecule has 0 fully saturated rings. The molecule has 0 spiro atoms. The SMILES string of the molecule is COC(=O)CNc1cc(C(N)=S)c2ccccc2n1. The van der Waals surface area contributed by atoms with Crippen molar-refractivity contribution in [1.29, 1.82) is 0 Å². The van der Waals surface area contributed by atoms with Crippen LogP contribution in [0, 0.1) is 0 Å². The Kier molecular flexibility index (Phi) is 3.91. The van der Waals surface area contributed by atoms with Gasteiger partial charge in [-0.2, -0.15) is 0 Å². The summed E-state index contributed by atoms with van der Waals surface area (Å²) in [6.07, 6.45) is 0. The number of para-hydroxylation sites is 1. The Morgan fingerprint density at radius 3 is 2.89 bits per heavy atom. The van der Waals surface area contributed by atoms with Crippen molar-refractivity contribution >= 4 is 39.9 Å². The molecule has 1 aromatic heterocycles. The number of thiocarbonyl (C=S) groups is 1. The highest BCUT2D eigenvalue weighted by molar-refractivity contribution is 7.80. The van der Waals surface area contributed by atoms with E-state index in [1.54, 1.807) is 6.07 Å². The molecule has 0 radical (unpaired) electrons. The van der Waals surface area contributed by atoms with Crippen LogP contribution in [0.5, 0.6) is 0 Å². The first kappa shape index (κ1) is 13.2. The van der Waals surface area contributed by atoms with Gasteiger partial charge in [-0.15, -0.1) is 0 Å². The van der Waals surface area contributed by atoms with Crippen molar-refractivity contribution in [3.05, 3.63) is 35.9 Å². The number of anilines is 1. The van der Waals surface area contributed by atoms with Crippen LogP contribution in [0.1, 0.15) is 5.56 Å². The molecule has 0 aliphatic rings. The maximum absolute atomic E-state index is 11.1. The third-order valence-electron chi connectivity index (χ3n) is 2.62. The lowest BCUT2D eigenvalue weighted by molar-refractivity contribution is -0.138. The largest absolute Gasteiger partial charge is 0.468 e. The van der Waals surface area contributed by atoms with Crippen molar-refractivity contribution < 1.29 is 9.53 Å². The van der Waals surface area contributed by atoms with Gasteiger partial charge in [-0.1, -0.05) is 30.4 Å². The van der Waals surface area contributed by atoms with E-state index in [2.05, 4.69) is 15.0 Å². The second-order valence-electron chi connectivity index (χ2n) is 3.87. The molecule has 0 aliphatic heterocycles. The van der Waals surface area contributed by atoms with Gasteiger partial charge in [0.05, 0.1) is 12.6 Å². The van der Waals surface area contributed by atoms with E-state index in [1.807, 2.05) is 24.3 Å². The number of benzene rings is 1. The van der Waals surface area contributed by atoms with Gasteiger partial charge >= 0.3 is 5.97 Å². The zero-order valence-corrected chi connectivity index (χ0v) is 11.2. The van der Waals surface area contributed by atoms with E-state index < -0.39 is 0 Å². The van der Waals surface area contributed by atoms with E-state index in [1.165, 1.54) is 7.11 Å². The molecule has 2 rings (SSSR count). The number of esters is 1. The van der Waals surface area contributed by atoms with E-state index in [-0.39, 0.29) is 12.5 Å². The molecule has 0 saturated heterocycles. The highest BCUT2D eigenvalue weighted by atomic mass is 32.1. The third kappa shape index (κ3) is 2.97. The number of fused-ring (bicyclic) bond motifs is 1. The van der Waals surface area contributed by atoms with Gasteiger partial charge < -0.3 is 15.8 Å². The molecule has 1 aromatic carbocycles. The number of hydrogen-bond acceptors (Lipinski definition) is 5. The Morgan fingerprint density at radius 1 is 1.47 bits per heavy atom. The number of nitrogens with zero attached hydrogens (tertiary/aromatic N) is 1. The fraction of sp³-hybridized carbons (Fsp3) is 0.154. The predicted molar refractivity (Wildman–Crippen MR) is 78.1 cm³/mol. The van der Waals surface area contributed by atoms with Crippen molar-refractivity contribution in [3.63, 3.8) is 0 Å². The minimum atomic E-state index is -0.369. The number of hydrogen-bond donors (Lipinski definition) is 2. The first-order valence-electron chi connectivity index (χ1n) is 5.62. The van der Waals surface area contributed by atoms with E-state index in [4.69, 9.17) is 18.0 Å². The molecule has 0 saturated carbocycles. The maximum atomic E-state index is 11.1. The Labute approximate surface area is 115 Å². The Balaban J connectivity index is 2.40. The number of aromatic nitrogens is 1. The highest BCUT2D eigenvalue weighted by Gasteiger charge is 2.08. The number of pyridine rings is 1. The minimum Gasteiger partial charge on any atom is -0.468 e. The smallest absolute Gasteiger partial charge is 0.325 e. The number of nitrogens with two attached hydrogens (primary N) is 1. The zero-order chi connectivity index (χ0) is 13.8. The number of nitrogens with one attached hydrogen (secondary N) is 1. The average molecular weight is 275 g/mol. The van der Waals surface area contributed by atoms with Gasteiger partial charge in [-0.25, -0.2) is 4.98 Å². The van der Waals surface area contributed by atoms with Crippen LogP contribution in [-0.2, 0) is 9.53 Å². The van der Waals surface area contributed by atoms with Crippen molar-refractivity contribution in [3.8, 4) is 0 Å².